The molecule has 1 unspecified atom stereocenters. The Hall–Kier alpha value is -1.29. The Morgan fingerprint density at radius 2 is 2.00 bits per heavy atom. The van der Waals surface area contributed by atoms with Crippen LogP contribution in [0.2, 0.25) is 0 Å². The number of aliphatic hydroxyl groups excluding tert-OH is 1. The van der Waals surface area contributed by atoms with Crippen LogP contribution in [0.3, 0.4) is 0 Å². The largest absolute Gasteiger partial charge is 0.479 e. The lowest BCUT2D eigenvalue weighted by atomic mass is 9.91. The molecule has 4 heteroatoms. The Morgan fingerprint density at radius 1 is 1.35 bits per heavy atom. The SMILES string of the molecule is CC(C)(C)c1ccc2c(n1)NC(O)C(C)(C)O2. The van der Waals surface area contributed by atoms with Crippen molar-refractivity contribution in [2.75, 3.05) is 5.32 Å². The number of pyridine rings is 1. The first-order valence-corrected chi connectivity index (χ1v) is 5.85. The van der Waals surface area contributed by atoms with Crippen LogP contribution < -0.4 is 10.1 Å². The van der Waals surface area contributed by atoms with Gasteiger partial charge in [0.2, 0.25) is 0 Å². The zero-order chi connectivity index (χ0) is 12.8. The molecule has 17 heavy (non-hydrogen) atoms. The predicted molar refractivity (Wildman–Crippen MR) is 67.3 cm³/mol. The van der Waals surface area contributed by atoms with Gasteiger partial charge in [-0.3, -0.25) is 0 Å². The highest BCUT2D eigenvalue weighted by molar-refractivity contribution is 5.54. The lowest BCUT2D eigenvalue weighted by Gasteiger charge is -2.37. The molecule has 0 radical (unpaired) electrons. The van der Waals surface area contributed by atoms with E-state index in [0.29, 0.717) is 11.6 Å². The molecule has 0 aliphatic carbocycles. The molecular weight excluding hydrogens is 216 g/mol. The molecule has 4 nitrogen and oxygen atoms in total. The molecule has 2 rings (SSSR count). The fourth-order valence-electron chi connectivity index (χ4n) is 1.69. The summed E-state index contributed by atoms with van der Waals surface area (Å²) in [6, 6.07) is 3.87. The van der Waals surface area contributed by atoms with E-state index in [1.807, 2.05) is 26.0 Å². The highest BCUT2D eigenvalue weighted by Gasteiger charge is 2.36. The molecule has 1 aliphatic rings. The quantitative estimate of drug-likeness (QED) is 0.725. The average molecular weight is 236 g/mol. The van der Waals surface area contributed by atoms with Gasteiger partial charge in [-0.25, -0.2) is 4.98 Å². The van der Waals surface area contributed by atoms with Crippen molar-refractivity contribution < 1.29 is 9.84 Å². The van der Waals surface area contributed by atoms with E-state index in [1.165, 1.54) is 0 Å². The molecule has 0 fully saturated rings. The number of rotatable bonds is 0. The minimum Gasteiger partial charge on any atom is -0.479 e. The zero-order valence-corrected chi connectivity index (χ0v) is 11.0. The lowest BCUT2D eigenvalue weighted by molar-refractivity contribution is -0.0217. The van der Waals surface area contributed by atoms with Crippen molar-refractivity contribution >= 4 is 5.82 Å². The fourth-order valence-corrected chi connectivity index (χ4v) is 1.69. The molecule has 1 atom stereocenters. The van der Waals surface area contributed by atoms with E-state index in [2.05, 4.69) is 31.1 Å². The third-order valence-corrected chi connectivity index (χ3v) is 2.93. The van der Waals surface area contributed by atoms with E-state index in [9.17, 15) is 5.11 Å². The van der Waals surface area contributed by atoms with Gasteiger partial charge in [0.15, 0.2) is 17.8 Å². The number of nitrogens with one attached hydrogen (secondary N) is 1. The molecule has 94 valence electrons. The predicted octanol–water partition coefficient (Wildman–Crippen LogP) is 2.28. The maximum Gasteiger partial charge on any atom is 0.171 e. The molecule has 0 amide bonds. The van der Waals surface area contributed by atoms with Gasteiger partial charge in [0, 0.05) is 11.1 Å². The summed E-state index contributed by atoms with van der Waals surface area (Å²) in [5, 5.41) is 12.9. The third-order valence-electron chi connectivity index (χ3n) is 2.93. The van der Waals surface area contributed by atoms with E-state index in [1.54, 1.807) is 0 Å². The molecule has 0 bridgehead atoms. The van der Waals surface area contributed by atoms with Crippen molar-refractivity contribution in [3.8, 4) is 5.75 Å². The van der Waals surface area contributed by atoms with Crippen molar-refractivity contribution in [3.63, 3.8) is 0 Å². The van der Waals surface area contributed by atoms with Crippen LogP contribution in [0.5, 0.6) is 5.75 Å². The molecular formula is C13H20N2O2. The third kappa shape index (κ3) is 2.22. The number of aliphatic hydroxyl groups is 1. The number of anilines is 1. The summed E-state index contributed by atoms with van der Waals surface area (Å²) in [5.74, 6) is 1.30. The summed E-state index contributed by atoms with van der Waals surface area (Å²) in [6.45, 7) is 9.99. The Morgan fingerprint density at radius 3 is 2.59 bits per heavy atom. The molecule has 0 saturated carbocycles. The Bertz CT molecular complexity index is 436. The minimum absolute atomic E-state index is 0.0192. The summed E-state index contributed by atoms with van der Waals surface area (Å²) in [5.41, 5.74) is 0.311. The number of nitrogens with zero attached hydrogens (tertiary/aromatic N) is 1. The molecule has 0 spiro atoms. The van der Waals surface area contributed by atoms with Crippen LogP contribution in [0.1, 0.15) is 40.3 Å². The Balaban J connectivity index is 2.40. The summed E-state index contributed by atoms with van der Waals surface area (Å²) in [7, 11) is 0. The molecule has 2 heterocycles. The van der Waals surface area contributed by atoms with Crippen LogP contribution in [-0.2, 0) is 5.41 Å². The molecule has 1 aromatic heterocycles. The van der Waals surface area contributed by atoms with Crippen molar-refractivity contribution in [1.29, 1.82) is 0 Å². The molecule has 0 aromatic carbocycles. The number of hydrogen-bond acceptors (Lipinski definition) is 4. The molecule has 2 N–H and O–H groups in total. The monoisotopic (exact) mass is 236 g/mol. The lowest BCUT2D eigenvalue weighted by Crippen LogP contribution is -2.49. The van der Waals surface area contributed by atoms with Gasteiger partial charge in [-0.2, -0.15) is 0 Å². The zero-order valence-electron chi connectivity index (χ0n) is 11.0. The summed E-state index contributed by atoms with van der Waals surface area (Å²) in [4.78, 5) is 4.50. The van der Waals surface area contributed by atoms with E-state index in [-0.39, 0.29) is 5.41 Å². The number of aromatic nitrogens is 1. The Kier molecular flexibility index (Phi) is 2.58. The first-order valence-electron chi connectivity index (χ1n) is 5.85. The van der Waals surface area contributed by atoms with Gasteiger partial charge in [-0.15, -0.1) is 0 Å². The normalized spacial score (nSPS) is 22.4. The number of ether oxygens (including phenoxy) is 1. The van der Waals surface area contributed by atoms with E-state index >= 15 is 0 Å². The number of fused-ring (bicyclic) bond motifs is 1. The van der Waals surface area contributed by atoms with Crippen molar-refractivity contribution in [1.82, 2.24) is 4.98 Å². The smallest absolute Gasteiger partial charge is 0.171 e. The van der Waals surface area contributed by atoms with Crippen LogP contribution in [0.15, 0.2) is 12.1 Å². The van der Waals surface area contributed by atoms with Gasteiger partial charge in [0.1, 0.15) is 5.60 Å². The van der Waals surface area contributed by atoms with Crippen molar-refractivity contribution in [3.05, 3.63) is 17.8 Å². The van der Waals surface area contributed by atoms with Gasteiger partial charge < -0.3 is 15.2 Å². The highest BCUT2D eigenvalue weighted by atomic mass is 16.5. The summed E-state index contributed by atoms with van der Waals surface area (Å²) < 4.78 is 5.72. The first kappa shape index (κ1) is 12.2. The van der Waals surface area contributed by atoms with Gasteiger partial charge in [0.05, 0.1) is 0 Å². The van der Waals surface area contributed by atoms with E-state index in [4.69, 9.17) is 4.74 Å². The maximum absolute atomic E-state index is 9.90. The first-order chi connectivity index (χ1) is 7.70. The fraction of sp³-hybridized carbons (Fsp3) is 0.615. The van der Waals surface area contributed by atoms with Gasteiger partial charge in [-0.1, -0.05) is 20.8 Å². The topological polar surface area (TPSA) is 54.4 Å². The molecule has 0 saturated heterocycles. The standard InChI is InChI=1S/C13H20N2O2/c1-12(2,3)9-7-6-8-10(14-9)15-11(16)13(4,5)17-8/h6-7,11,16H,1-5H3,(H,14,15). The van der Waals surface area contributed by atoms with Crippen LogP contribution >= 0.6 is 0 Å². The molecule has 1 aromatic rings. The molecule has 1 aliphatic heterocycles. The second-order valence-corrected chi connectivity index (χ2v) is 6.05. The summed E-state index contributed by atoms with van der Waals surface area (Å²) in [6.07, 6.45) is -0.752. The second kappa shape index (κ2) is 3.60. The number of hydrogen-bond donors (Lipinski definition) is 2. The van der Waals surface area contributed by atoms with Crippen LogP contribution in [-0.4, -0.2) is 21.9 Å². The van der Waals surface area contributed by atoms with Crippen LogP contribution in [0.4, 0.5) is 5.82 Å². The second-order valence-electron chi connectivity index (χ2n) is 6.05. The van der Waals surface area contributed by atoms with Gasteiger partial charge in [-0.05, 0) is 26.0 Å². The van der Waals surface area contributed by atoms with E-state index < -0.39 is 11.8 Å². The maximum atomic E-state index is 9.90. The van der Waals surface area contributed by atoms with Crippen molar-refractivity contribution in [2.45, 2.75) is 51.9 Å². The minimum atomic E-state index is -0.752. The van der Waals surface area contributed by atoms with Gasteiger partial charge in [0.25, 0.3) is 0 Å². The van der Waals surface area contributed by atoms with Crippen LogP contribution in [0, 0.1) is 0 Å². The van der Waals surface area contributed by atoms with Crippen molar-refractivity contribution in [2.24, 2.45) is 0 Å². The van der Waals surface area contributed by atoms with E-state index in [0.717, 1.165) is 5.69 Å². The Labute approximate surface area is 102 Å². The van der Waals surface area contributed by atoms with Crippen LogP contribution in [0.25, 0.3) is 0 Å². The highest BCUT2D eigenvalue weighted by Crippen LogP contribution is 2.35. The van der Waals surface area contributed by atoms with Gasteiger partial charge >= 0.3 is 0 Å². The summed E-state index contributed by atoms with van der Waals surface area (Å²) >= 11 is 0. The average Bonchev–Trinajstić information content (AvgIpc) is 2.17.